The number of hydrogen-bond donors (Lipinski definition) is 0. The number of nitrogens with zero attached hydrogens (tertiary/aromatic N) is 3. The Hall–Kier alpha value is -5.45. The van der Waals surface area contributed by atoms with Gasteiger partial charge in [0.05, 0.1) is 0 Å². The van der Waals surface area contributed by atoms with Crippen LogP contribution in [0.1, 0.15) is 5.56 Å². The lowest BCUT2D eigenvalue weighted by atomic mass is 9.94. The fourth-order valence-corrected chi connectivity index (χ4v) is 6.93. The first-order valence-corrected chi connectivity index (χ1v) is 15.5. The topological polar surface area (TPSA) is 38.7 Å². The summed E-state index contributed by atoms with van der Waals surface area (Å²) in [4.78, 5) is 14.8. The summed E-state index contributed by atoms with van der Waals surface area (Å²) in [5.74, 6) is 1.98. The fraction of sp³-hybridized carbons (Fsp3) is 0.0250. The third-order valence-corrected chi connectivity index (χ3v) is 9.21. The highest BCUT2D eigenvalue weighted by atomic mass is 32.1. The molecule has 0 fully saturated rings. The molecule has 2 aromatic heterocycles. The molecule has 3 nitrogen and oxygen atoms in total. The van der Waals surface area contributed by atoms with E-state index in [1.165, 1.54) is 42.4 Å². The van der Waals surface area contributed by atoms with E-state index in [9.17, 15) is 0 Å². The normalized spacial score (nSPS) is 11.3. The van der Waals surface area contributed by atoms with Crippen LogP contribution in [-0.4, -0.2) is 15.0 Å². The number of rotatable bonds is 5. The highest BCUT2D eigenvalue weighted by Crippen LogP contribution is 2.37. The Morgan fingerprint density at radius 1 is 0.386 bits per heavy atom. The second-order valence-corrected chi connectivity index (χ2v) is 12.0. The Kier molecular flexibility index (Phi) is 6.55. The second kappa shape index (κ2) is 11.0. The van der Waals surface area contributed by atoms with Gasteiger partial charge in [-0.1, -0.05) is 121 Å². The maximum Gasteiger partial charge on any atom is 0.164 e. The maximum absolute atomic E-state index is 4.95. The van der Waals surface area contributed by atoms with Crippen LogP contribution < -0.4 is 0 Å². The molecule has 2 heterocycles. The van der Waals surface area contributed by atoms with E-state index in [-0.39, 0.29) is 0 Å². The Morgan fingerprint density at radius 3 is 1.66 bits per heavy atom. The number of fused-ring (bicyclic) bond motifs is 3. The summed E-state index contributed by atoms with van der Waals surface area (Å²) in [6.45, 7) is 2.16. The van der Waals surface area contributed by atoms with Crippen molar-refractivity contribution < 1.29 is 0 Å². The molecule has 0 aliphatic rings. The molecule has 6 aromatic carbocycles. The minimum absolute atomic E-state index is 0.658. The van der Waals surface area contributed by atoms with Crippen LogP contribution in [0.3, 0.4) is 0 Å². The van der Waals surface area contributed by atoms with Gasteiger partial charge in [0.1, 0.15) is 0 Å². The lowest BCUT2D eigenvalue weighted by molar-refractivity contribution is 1.07. The summed E-state index contributed by atoms with van der Waals surface area (Å²) in [5.41, 5.74) is 8.83. The lowest BCUT2D eigenvalue weighted by Gasteiger charge is -2.12. The van der Waals surface area contributed by atoms with E-state index in [0.29, 0.717) is 17.5 Å². The molecule has 0 atom stereocenters. The fourth-order valence-electron chi connectivity index (χ4n) is 5.78. The van der Waals surface area contributed by atoms with Crippen LogP contribution in [0.5, 0.6) is 0 Å². The number of benzene rings is 6. The maximum atomic E-state index is 4.95. The van der Waals surface area contributed by atoms with Crippen LogP contribution in [-0.2, 0) is 0 Å². The van der Waals surface area contributed by atoms with E-state index in [4.69, 9.17) is 15.0 Å². The van der Waals surface area contributed by atoms with Crippen LogP contribution in [0.15, 0.2) is 146 Å². The summed E-state index contributed by atoms with van der Waals surface area (Å²) in [7, 11) is 0. The van der Waals surface area contributed by atoms with E-state index in [2.05, 4.69) is 91.9 Å². The SMILES string of the molecule is Cc1ccc(-c2nc(-c3ccccc3)nc(-c3ccccc3)n2)cc1-c1cccc(-c2ccc3c(c2)sc2ccccc23)c1. The van der Waals surface area contributed by atoms with Crippen molar-refractivity contribution in [3.8, 4) is 56.4 Å². The average Bonchev–Trinajstić information content (AvgIpc) is 3.47. The Balaban J connectivity index is 1.22. The zero-order chi connectivity index (χ0) is 29.5. The van der Waals surface area contributed by atoms with Gasteiger partial charge in [-0.2, -0.15) is 0 Å². The van der Waals surface area contributed by atoms with E-state index in [1.54, 1.807) is 0 Å². The monoisotopic (exact) mass is 581 g/mol. The smallest absolute Gasteiger partial charge is 0.164 e. The highest BCUT2D eigenvalue weighted by Gasteiger charge is 2.14. The molecule has 0 spiro atoms. The van der Waals surface area contributed by atoms with Crippen LogP contribution >= 0.6 is 11.3 Å². The van der Waals surface area contributed by atoms with Gasteiger partial charge in [-0.05, 0) is 59.0 Å². The van der Waals surface area contributed by atoms with Crippen LogP contribution in [0.4, 0.5) is 0 Å². The van der Waals surface area contributed by atoms with Gasteiger partial charge in [-0.15, -0.1) is 11.3 Å². The highest BCUT2D eigenvalue weighted by molar-refractivity contribution is 7.25. The van der Waals surface area contributed by atoms with Gasteiger partial charge in [0, 0.05) is 36.9 Å². The predicted octanol–water partition coefficient (Wildman–Crippen LogP) is 10.9. The van der Waals surface area contributed by atoms with Gasteiger partial charge < -0.3 is 0 Å². The van der Waals surface area contributed by atoms with Crippen molar-refractivity contribution in [1.82, 2.24) is 15.0 Å². The first-order chi connectivity index (χ1) is 21.7. The van der Waals surface area contributed by atoms with Gasteiger partial charge >= 0.3 is 0 Å². The molecule has 44 heavy (non-hydrogen) atoms. The molecule has 0 amide bonds. The molecule has 0 bridgehead atoms. The lowest BCUT2D eigenvalue weighted by Crippen LogP contribution is -2.00. The first kappa shape index (κ1) is 26.2. The largest absolute Gasteiger partial charge is 0.208 e. The summed E-state index contributed by atoms with van der Waals surface area (Å²) >= 11 is 1.85. The molecular formula is C40H27N3S. The van der Waals surface area contributed by atoms with Crippen molar-refractivity contribution in [2.24, 2.45) is 0 Å². The van der Waals surface area contributed by atoms with Crippen molar-refractivity contribution in [3.63, 3.8) is 0 Å². The first-order valence-electron chi connectivity index (χ1n) is 14.7. The third kappa shape index (κ3) is 4.85. The molecule has 0 aliphatic heterocycles. The van der Waals surface area contributed by atoms with Crippen LogP contribution in [0.25, 0.3) is 76.6 Å². The molecule has 0 aliphatic carbocycles. The minimum atomic E-state index is 0.658. The van der Waals surface area contributed by atoms with E-state index >= 15 is 0 Å². The number of hydrogen-bond acceptors (Lipinski definition) is 4. The molecule has 0 saturated heterocycles. The number of thiophene rings is 1. The van der Waals surface area contributed by atoms with Crippen molar-refractivity contribution in [1.29, 1.82) is 0 Å². The van der Waals surface area contributed by atoms with Crippen LogP contribution in [0, 0.1) is 6.92 Å². The third-order valence-electron chi connectivity index (χ3n) is 8.08. The summed E-state index contributed by atoms with van der Waals surface area (Å²) in [6, 6.07) is 51.0. The minimum Gasteiger partial charge on any atom is -0.208 e. The van der Waals surface area contributed by atoms with Gasteiger partial charge in [-0.25, -0.2) is 15.0 Å². The number of aryl methyl sites for hydroxylation is 1. The molecule has 8 aromatic rings. The van der Waals surface area contributed by atoms with Gasteiger partial charge in [-0.3, -0.25) is 0 Å². The molecule has 8 rings (SSSR count). The zero-order valence-corrected chi connectivity index (χ0v) is 24.9. The molecule has 208 valence electrons. The molecule has 0 radical (unpaired) electrons. The Labute approximate surface area is 260 Å². The van der Waals surface area contributed by atoms with E-state index < -0.39 is 0 Å². The van der Waals surface area contributed by atoms with Crippen molar-refractivity contribution >= 4 is 31.5 Å². The standard InChI is InChI=1S/C40H27N3S/c1-26-19-20-32(40-42-38(27-11-4-2-5-12-27)41-39(43-40)28-13-6-3-7-14-28)24-35(26)31-16-10-15-29(23-31)30-21-22-34-33-17-8-9-18-36(33)44-37(34)25-30/h2-25H,1H3. The summed E-state index contributed by atoms with van der Waals surface area (Å²) in [6.07, 6.45) is 0. The summed E-state index contributed by atoms with van der Waals surface area (Å²) in [5, 5.41) is 2.64. The number of aromatic nitrogens is 3. The molecule has 0 N–H and O–H groups in total. The zero-order valence-electron chi connectivity index (χ0n) is 24.1. The van der Waals surface area contributed by atoms with Gasteiger partial charge in [0.2, 0.25) is 0 Å². The molecule has 4 heteroatoms. The Morgan fingerprint density at radius 2 is 0.932 bits per heavy atom. The summed E-state index contributed by atoms with van der Waals surface area (Å²) < 4.78 is 2.63. The van der Waals surface area contributed by atoms with Gasteiger partial charge in [0.25, 0.3) is 0 Å². The second-order valence-electron chi connectivity index (χ2n) is 11.0. The van der Waals surface area contributed by atoms with E-state index in [0.717, 1.165) is 22.3 Å². The van der Waals surface area contributed by atoms with Crippen molar-refractivity contribution in [2.45, 2.75) is 6.92 Å². The van der Waals surface area contributed by atoms with Crippen molar-refractivity contribution in [3.05, 3.63) is 151 Å². The molecule has 0 unspecified atom stereocenters. The Bertz CT molecular complexity index is 2230. The van der Waals surface area contributed by atoms with Crippen molar-refractivity contribution in [2.75, 3.05) is 0 Å². The predicted molar refractivity (Wildman–Crippen MR) is 185 cm³/mol. The van der Waals surface area contributed by atoms with Crippen LogP contribution in [0.2, 0.25) is 0 Å². The average molecular weight is 582 g/mol. The quantitative estimate of drug-likeness (QED) is 0.203. The van der Waals surface area contributed by atoms with Gasteiger partial charge in [0.15, 0.2) is 17.5 Å². The van der Waals surface area contributed by atoms with E-state index in [1.807, 2.05) is 72.0 Å². The molecule has 0 saturated carbocycles. The molecular weight excluding hydrogens is 555 g/mol.